The molecule has 1 aliphatic rings. The Bertz CT molecular complexity index is 138. The lowest BCUT2D eigenvalue weighted by Gasteiger charge is -2.32. The van der Waals surface area contributed by atoms with Crippen LogP contribution in [0.3, 0.4) is 0 Å². The van der Waals surface area contributed by atoms with Crippen molar-refractivity contribution in [1.29, 1.82) is 0 Å². The fourth-order valence-corrected chi connectivity index (χ4v) is 2.75. The van der Waals surface area contributed by atoms with E-state index in [2.05, 4.69) is 23.4 Å². The third kappa shape index (κ3) is 6.12. The van der Waals surface area contributed by atoms with Gasteiger partial charge in [0.2, 0.25) is 0 Å². The van der Waals surface area contributed by atoms with Crippen LogP contribution in [0.25, 0.3) is 0 Å². The molecular weight excluding hydrogens is 216 g/mol. The van der Waals surface area contributed by atoms with Gasteiger partial charge >= 0.3 is 0 Å². The van der Waals surface area contributed by atoms with E-state index in [9.17, 15) is 0 Å². The maximum atomic E-state index is 3.55. The molecule has 1 rings (SSSR count). The maximum Gasteiger partial charge on any atom is -0.00109 e. The molecule has 0 aromatic carbocycles. The normalized spacial score (nSPS) is 19.1. The second kappa shape index (κ2) is 9.32. The zero-order valence-corrected chi connectivity index (χ0v) is 11.8. The number of nitrogens with zero attached hydrogens (tertiary/aromatic N) is 1. The van der Waals surface area contributed by atoms with Gasteiger partial charge in [-0.05, 0) is 76.3 Å². The van der Waals surface area contributed by atoms with E-state index in [-0.39, 0.29) is 0 Å². The summed E-state index contributed by atoms with van der Waals surface area (Å²) in [6.07, 6.45) is 7.62. The molecule has 0 radical (unpaired) electrons. The lowest BCUT2D eigenvalue weighted by molar-refractivity contribution is 0.183. The maximum absolute atomic E-state index is 3.55. The molecule has 0 atom stereocenters. The lowest BCUT2D eigenvalue weighted by Crippen LogP contribution is -2.38. The highest BCUT2D eigenvalue weighted by molar-refractivity contribution is 7.98. The van der Waals surface area contributed by atoms with Crippen molar-refractivity contribution in [3.8, 4) is 0 Å². The van der Waals surface area contributed by atoms with Gasteiger partial charge in [-0.25, -0.2) is 0 Å². The number of thioether (sulfide) groups is 1. The van der Waals surface area contributed by atoms with Crippen LogP contribution < -0.4 is 5.32 Å². The molecule has 3 heteroatoms. The molecule has 1 fully saturated rings. The molecule has 16 heavy (non-hydrogen) atoms. The van der Waals surface area contributed by atoms with E-state index in [4.69, 9.17) is 0 Å². The summed E-state index contributed by atoms with van der Waals surface area (Å²) in [5.41, 5.74) is 0. The summed E-state index contributed by atoms with van der Waals surface area (Å²) in [6.45, 7) is 8.64. The van der Waals surface area contributed by atoms with Crippen molar-refractivity contribution in [1.82, 2.24) is 10.2 Å². The zero-order valence-electron chi connectivity index (χ0n) is 11.0. The average molecular weight is 244 g/mol. The van der Waals surface area contributed by atoms with Gasteiger partial charge in [-0.3, -0.25) is 0 Å². The van der Waals surface area contributed by atoms with Gasteiger partial charge in [-0.1, -0.05) is 6.92 Å². The van der Waals surface area contributed by atoms with E-state index in [1.54, 1.807) is 0 Å². The Hall–Kier alpha value is 0.270. The predicted molar refractivity (Wildman–Crippen MR) is 75.3 cm³/mol. The molecule has 0 amide bonds. The Balaban J connectivity index is 2.00. The molecule has 1 aliphatic heterocycles. The fourth-order valence-electron chi connectivity index (χ4n) is 2.33. The number of rotatable bonds is 8. The van der Waals surface area contributed by atoms with Gasteiger partial charge in [0, 0.05) is 0 Å². The summed E-state index contributed by atoms with van der Waals surface area (Å²) in [6, 6.07) is 0. The molecule has 0 unspecified atom stereocenters. The SMILES string of the molecule is CCCNCC1CCN(CCCSC)CC1. The van der Waals surface area contributed by atoms with E-state index in [1.807, 2.05) is 11.8 Å². The molecule has 0 spiro atoms. The van der Waals surface area contributed by atoms with Crippen LogP contribution in [0.5, 0.6) is 0 Å². The molecule has 0 aromatic rings. The van der Waals surface area contributed by atoms with E-state index in [1.165, 1.54) is 64.2 Å². The third-order valence-electron chi connectivity index (χ3n) is 3.39. The van der Waals surface area contributed by atoms with E-state index < -0.39 is 0 Å². The molecule has 0 aromatic heterocycles. The second-order valence-corrected chi connectivity index (χ2v) is 5.82. The molecule has 0 saturated carbocycles. The molecule has 1 N–H and O–H groups in total. The van der Waals surface area contributed by atoms with Gasteiger partial charge in [0.05, 0.1) is 0 Å². The molecule has 0 bridgehead atoms. The Morgan fingerprint density at radius 3 is 2.69 bits per heavy atom. The highest BCUT2D eigenvalue weighted by Gasteiger charge is 2.17. The minimum atomic E-state index is 0.934. The second-order valence-electron chi connectivity index (χ2n) is 4.84. The molecule has 2 nitrogen and oxygen atoms in total. The first kappa shape index (κ1) is 14.3. The summed E-state index contributed by atoms with van der Waals surface area (Å²) in [7, 11) is 0. The highest BCUT2D eigenvalue weighted by Crippen LogP contribution is 2.16. The molecule has 0 aliphatic carbocycles. The first-order valence-corrected chi connectivity index (χ1v) is 8.18. The van der Waals surface area contributed by atoms with Gasteiger partial charge in [-0.2, -0.15) is 11.8 Å². The largest absolute Gasteiger partial charge is 0.316 e. The van der Waals surface area contributed by atoms with Crippen LogP contribution in [-0.2, 0) is 0 Å². The summed E-state index contributed by atoms with van der Waals surface area (Å²) < 4.78 is 0. The van der Waals surface area contributed by atoms with Crippen LogP contribution in [0.2, 0.25) is 0 Å². The Labute approximate surface area is 106 Å². The Morgan fingerprint density at radius 2 is 2.06 bits per heavy atom. The monoisotopic (exact) mass is 244 g/mol. The predicted octanol–water partition coefficient (Wildman–Crippen LogP) is 2.45. The fraction of sp³-hybridized carbons (Fsp3) is 1.00. The van der Waals surface area contributed by atoms with Crippen LogP contribution >= 0.6 is 11.8 Å². The number of hydrogen-bond donors (Lipinski definition) is 1. The standard InChI is InChI=1S/C13H28N2S/c1-3-7-14-12-13-5-9-15(10-6-13)8-4-11-16-2/h13-14H,3-12H2,1-2H3. The first-order valence-electron chi connectivity index (χ1n) is 6.78. The van der Waals surface area contributed by atoms with E-state index in [0.717, 1.165) is 5.92 Å². The van der Waals surface area contributed by atoms with Crippen LogP contribution in [0.1, 0.15) is 32.6 Å². The number of piperidine rings is 1. The molecule has 1 saturated heterocycles. The summed E-state index contributed by atoms with van der Waals surface area (Å²) in [4.78, 5) is 2.65. The van der Waals surface area contributed by atoms with Crippen molar-refractivity contribution in [2.45, 2.75) is 32.6 Å². The summed E-state index contributed by atoms with van der Waals surface area (Å²) in [5, 5.41) is 3.55. The minimum Gasteiger partial charge on any atom is -0.316 e. The first-order chi connectivity index (χ1) is 7.86. The number of likely N-dealkylation sites (tertiary alicyclic amines) is 1. The van der Waals surface area contributed by atoms with Crippen molar-refractivity contribution >= 4 is 11.8 Å². The molecule has 1 heterocycles. The van der Waals surface area contributed by atoms with Gasteiger partial charge in [-0.15, -0.1) is 0 Å². The van der Waals surface area contributed by atoms with Crippen LogP contribution in [-0.4, -0.2) is 49.6 Å². The average Bonchev–Trinajstić information content (AvgIpc) is 2.32. The molecule has 96 valence electrons. The van der Waals surface area contributed by atoms with Crippen LogP contribution in [0.15, 0.2) is 0 Å². The highest BCUT2D eigenvalue weighted by atomic mass is 32.2. The summed E-state index contributed by atoms with van der Waals surface area (Å²) >= 11 is 1.97. The third-order valence-corrected chi connectivity index (χ3v) is 4.09. The topological polar surface area (TPSA) is 15.3 Å². The van der Waals surface area contributed by atoms with Gasteiger partial charge in [0.1, 0.15) is 0 Å². The zero-order chi connectivity index (χ0) is 11.6. The van der Waals surface area contributed by atoms with Crippen molar-refractivity contribution in [2.24, 2.45) is 5.92 Å². The van der Waals surface area contributed by atoms with Gasteiger partial charge in [0.25, 0.3) is 0 Å². The van der Waals surface area contributed by atoms with Crippen molar-refractivity contribution in [3.63, 3.8) is 0 Å². The Kier molecular flexibility index (Phi) is 8.34. The van der Waals surface area contributed by atoms with Crippen molar-refractivity contribution in [3.05, 3.63) is 0 Å². The quantitative estimate of drug-likeness (QED) is 0.660. The number of nitrogens with one attached hydrogen (secondary N) is 1. The Morgan fingerprint density at radius 1 is 1.31 bits per heavy atom. The van der Waals surface area contributed by atoms with Gasteiger partial charge < -0.3 is 10.2 Å². The summed E-state index contributed by atoms with van der Waals surface area (Å²) in [5.74, 6) is 2.25. The van der Waals surface area contributed by atoms with Crippen LogP contribution in [0.4, 0.5) is 0 Å². The van der Waals surface area contributed by atoms with Crippen LogP contribution in [0, 0.1) is 5.92 Å². The van der Waals surface area contributed by atoms with Gasteiger partial charge in [0.15, 0.2) is 0 Å². The number of hydrogen-bond acceptors (Lipinski definition) is 3. The van der Waals surface area contributed by atoms with Crippen molar-refractivity contribution < 1.29 is 0 Å². The van der Waals surface area contributed by atoms with Crippen molar-refractivity contribution in [2.75, 3.05) is 44.7 Å². The van der Waals surface area contributed by atoms with E-state index >= 15 is 0 Å². The minimum absolute atomic E-state index is 0.934. The lowest BCUT2D eigenvalue weighted by atomic mass is 9.96. The van der Waals surface area contributed by atoms with E-state index in [0.29, 0.717) is 0 Å². The smallest absolute Gasteiger partial charge is 0.00109 e. The molecular formula is C13H28N2S.